The number of hydrogen-bond donors (Lipinski definition) is 2. The Balaban J connectivity index is 1.80. The van der Waals surface area contributed by atoms with Gasteiger partial charge in [0, 0.05) is 18.0 Å². The average Bonchev–Trinajstić information content (AvgIpc) is 2.67. The number of aliphatic hydroxyl groups is 1. The Labute approximate surface area is 140 Å². The van der Waals surface area contributed by atoms with Crippen molar-refractivity contribution < 1.29 is 9.90 Å². The number of carbonyl (C=O) groups is 1. The molecule has 1 aromatic heterocycles. The molecule has 4 heteroatoms. The van der Waals surface area contributed by atoms with Crippen LogP contribution in [-0.4, -0.2) is 22.6 Å². The first-order valence-corrected chi connectivity index (χ1v) is 7.75. The first kappa shape index (κ1) is 15.9. The quantitative estimate of drug-likeness (QED) is 0.759. The molecule has 2 N–H and O–H groups in total. The number of amides is 1. The SMILES string of the molecule is O=C(NC(CO)c1ccccc1)c1cncc(-c2ccccc2)c1. The molecule has 0 fully saturated rings. The van der Waals surface area contributed by atoms with Gasteiger partial charge in [0.2, 0.25) is 0 Å². The van der Waals surface area contributed by atoms with Gasteiger partial charge in [0.1, 0.15) is 0 Å². The molecule has 1 unspecified atom stereocenters. The Morgan fingerprint density at radius 2 is 1.62 bits per heavy atom. The molecule has 1 atom stereocenters. The minimum Gasteiger partial charge on any atom is -0.394 e. The Morgan fingerprint density at radius 1 is 0.958 bits per heavy atom. The zero-order valence-electron chi connectivity index (χ0n) is 13.1. The van der Waals surface area contributed by atoms with Gasteiger partial charge in [-0.25, -0.2) is 0 Å². The lowest BCUT2D eigenvalue weighted by molar-refractivity contribution is 0.0916. The van der Waals surface area contributed by atoms with E-state index in [1.165, 1.54) is 6.20 Å². The standard InChI is InChI=1S/C20H18N2O2/c23-14-19(16-9-5-2-6-10-16)22-20(24)18-11-17(12-21-13-18)15-7-3-1-4-8-15/h1-13,19,23H,14H2,(H,22,24). The van der Waals surface area contributed by atoms with Gasteiger partial charge in [0.15, 0.2) is 0 Å². The fourth-order valence-electron chi connectivity index (χ4n) is 2.51. The Morgan fingerprint density at radius 3 is 2.29 bits per heavy atom. The van der Waals surface area contributed by atoms with Gasteiger partial charge >= 0.3 is 0 Å². The average molecular weight is 318 g/mol. The first-order valence-electron chi connectivity index (χ1n) is 7.75. The minimum atomic E-state index is -0.445. The van der Waals surface area contributed by atoms with Crippen molar-refractivity contribution in [1.29, 1.82) is 0 Å². The smallest absolute Gasteiger partial charge is 0.253 e. The van der Waals surface area contributed by atoms with E-state index in [0.29, 0.717) is 5.56 Å². The number of benzene rings is 2. The molecule has 4 nitrogen and oxygen atoms in total. The van der Waals surface area contributed by atoms with E-state index < -0.39 is 6.04 Å². The molecule has 0 aliphatic rings. The third kappa shape index (κ3) is 3.67. The van der Waals surface area contributed by atoms with E-state index in [4.69, 9.17) is 0 Å². The summed E-state index contributed by atoms with van der Waals surface area (Å²) in [5.74, 6) is -0.261. The Hall–Kier alpha value is -2.98. The maximum Gasteiger partial charge on any atom is 0.253 e. The highest BCUT2D eigenvalue weighted by Gasteiger charge is 2.15. The highest BCUT2D eigenvalue weighted by Crippen LogP contribution is 2.19. The number of nitrogens with one attached hydrogen (secondary N) is 1. The van der Waals surface area contributed by atoms with Gasteiger partial charge in [-0.05, 0) is 17.2 Å². The number of aromatic nitrogens is 1. The summed E-state index contributed by atoms with van der Waals surface area (Å²) in [5, 5.41) is 12.4. The van der Waals surface area contributed by atoms with Crippen LogP contribution in [-0.2, 0) is 0 Å². The van der Waals surface area contributed by atoms with E-state index in [0.717, 1.165) is 16.7 Å². The van der Waals surface area contributed by atoms with Gasteiger partial charge < -0.3 is 10.4 Å². The summed E-state index contributed by atoms with van der Waals surface area (Å²) in [6.45, 7) is -0.165. The van der Waals surface area contributed by atoms with E-state index in [1.807, 2.05) is 60.7 Å². The predicted octanol–water partition coefficient (Wildman–Crippen LogP) is 3.21. The summed E-state index contributed by atoms with van der Waals surface area (Å²) in [6, 6.07) is 20.5. The fourth-order valence-corrected chi connectivity index (χ4v) is 2.51. The molecule has 3 rings (SSSR count). The molecule has 120 valence electrons. The summed E-state index contributed by atoms with van der Waals surface area (Å²) in [4.78, 5) is 16.7. The second-order valence-electron chi connectivity index (χ2n) is 5.45. The molecule has 0 saturated carbocycles. The van der Waals surface area contributed by atoms with Crippen molar-refractivity contribution in [3.05, 3.63) is 90.3 Å². The Kier molecular flexibility index (Phi) is 4.99. The topological polar surface area (TPSA) is 62.2 Å². The molecule has 2 aromatic carbocycles. The molecule has 1 amide bonds. The fraction of sp³-hybridized carbons (Fsp3) is 0.100. The third-order valence-corrected chi connectivity index (χ3v) is 3.80. The van der Waals surface area contributed by atoms with Gasteiger partial charge in [-0.1, -0.05) is 60.7 Å². The Bertz CT molecular complexity index is 804. The van der Waals surface area contributed by atoms with Crippen molar-refractivity contribution in [1.82, 2.24) is 10.3 Å². The normalized spacial score (nSPS) is 11.7. The molecule has 0 bridgehead atoms. The van der Waals surface area contributed by atoms with Crippen LogP contribution in [0, 0.1) is 0 Å². The van der Waals surface area contributed by atoms with Gasteiger partial charge in [0.25, 0.3) is 5.91 Å². The van der Waals surface area contributed by atoms with Crippen molar-refractivity contribution in [3.8, 4) is 11.1 Å². The lowest BCUT2D eigenvalue weighted by atomic mass is 10.0. The largest absolute Gasteiger partial charge is 0.394 e. The van der Waals surface area contributed by atoms with Crippen LogP contribution in [0.3, 0.4) is 0 Å². The summed E-state index contributed by atoms with van der Waals surface area (Å²) >= 11 is 0. The van der Waals surface area contributed by atoms with Crippen LogP contribution >= 0.6 is 0 Å². The molecular formula is C20H18N2O2. The van der Waals surface area contributed by atoms with E-state index in [9.17, 15) is 9.90 Å². The van der Waals surface area contributed by atoms with Crippen LogP contribution in [0.25, 0.3) is 11.1 Å². The summed E-state index contributed by atoms with van der Waals surface area (Å²) in [6.07, 6.45) is 3.26. The third-order valence-electron chi connectivity index (χ3n) is 3.80. The van der Waals surface area contributed by atoms with Crippen LogP contribution < -0.4 is 5.32 Å². The van der Waals surface area contributed by atoms with Crippen molar-refractivity contribution in [2.45, 2.75) is 6.04 Å². The molecule has 0 saturated heterocycles. The number of carbonyl (C=O) groups excluding carboxylic acids is 1. The van der Waals surface area contributed by atoms with Crippen molar-refractivity contribution in [3.63, 3.8) is 0 Å². The summed E-state index contributed by atoms with van der Waals surface area (Å²) < 4.78 is 0. The number of rotatable bonds is 5. The first-order chi connectivity index (χ1) is 11.8. The molecule has 24 heavy (non-hydrogen) atoms. The highest BCUT2D eigenvalue weighted by atomic mass is 16.3. The van der Waals surface area contributed by atoms with Crippen molar-refractivity contribution >= 4 is 5.91 Å². The number of hydrogen-bond acceptors (Lipinski definition) is 3. The summed E-state index contributed by atoms with van der Waals surface area (Å²) in [7, 11) is 0. The maximum absolute atomic E-state index is 12.5. The molecule has 0 spiro atoms. The maximum atomic E-state index is 12.5. The molecule has 1 heterocycles. The van der Waals surface area contributed by atoms with Crippen LogP contribution in [0.2, 0.25) is 0 Å². The van der Waals surface area contributed by atoms with Crippen LogP contribution in [0.1, 0.15) is 22.0 Å². The molecular weight excluding hydrogens is 300 g/mol. The number of pyridine rings is 1. The molecule has 0 aliphatic carbocycles. The molecule has 0 aliphatic heterocycles. The van der Waals surface area contributed by atoms with Gasteiger partial charge in [-0.2, -0.15) is 0 Å². The van der Waals surface area contributed by atoms with E-state index in [-0.39, 0.29) is 12.5 Å². The van der Waals surface area contributed by atoms with E-state index in [2.05, 4.69) is 10.3 Å². The second kappa shape index (κ2) is 7.53. The van der Waals surface area contributed by atoms with Crippen molar-refractivity contribution in [2.75, 3.05) is 6.61 Å². The van der Waals surface area contributed by atoms with Crippen LogP contribution in [0.5, 0.6) is 0 Å². The van der Waals surface area contributed by atoms with Gasteiger partial charge in [0.05, 0.1) is 18.2 Å². The van der Waals surface area contributed by atoms with E-state index >= 15 is 0 Å². The second-order valence-corrected chi connectivity index (χ2v) is 5.45. The zero-order chi connectivity index (χ0) is 16.8. The summed E-state index contributed by atoms with van der Waals surface area (Å²) in [5.41, 5.74) is 3.20. The van der Waals surface area contributed by atoms with Crippen molar-refractivity contribution in [2.24, 2.45) is 0 Å². The zero-order valence-corrected chi connectivity index (χ0v) is 13.1. The number of nitrogens with zero attached hydrogens (tertiary/aromatic N) is 1. The molecule has 3 aromatic rings. The lowest BCUT2D eigenvalue weighted by Crippen LogP contribution is -2.30. The van der Waals surface area contributed by atoms with Gasteiger partial charge in [-0.3, -0.25) is 9.78 Å². The monoisotopic (exact) mass is 318 g/mol. The van der Waals surface area contributed by atoms with E-state index in [1.54, 1.807) is 12.3 Å². The molecule has 0 radical (unpaired) electrons. The van der Waals surface area contributed by atoms with Crippen LogP contribution in [0.4, 0.5) is 0 Å². The highest BCUT2D eigenvalue weighted by molar-refractivity contribution is 5.95. The number of aliphatic hydroxyl groups excluding tert-OH is 1. The van der Waals surface area contributed by atoms with Gasteiger partial charge in [-0.15, -0.1) is 0 Å². The predicted molar refractivity (Wildman–Crippen MR) is 93.4 cm³/mol. The minimum absolute atomic E-state index is 0.165. The van der Waals surface area contributed by atoms with Crippen LogP contribution in [0.15, 0.2) is 79.1 Å². The lowest BCUT2D eigenvalue weighted by Gasteiger charge is -2.17.